The number of para-hydroxylation sites is 1. The lowest BCUT2D eigenvalue weighted by atomic mass is 10.0. The summed E-state index contributed by atoms with van der Waals surface area (Å²) >= 11 is 0. The van der Waals surface area contributed by atoms with Crippen molar-refractivity contribution in [3.8, 4) is 11.5 Å². The van der Waals surface area contributed by atoms with Gasteiger partial charge in [-0.1, -0.05) is 42.5 Å². The van der Waals surface area contributed by atoms with E-state index in [9.17, 15) is 39.0 Å². The maximum atomic E-state index is 13.6. The molecule has 0 unspecified atom stereocenters. The Kier molecular flexibility index (Phi) is 13.3. The number of carbonyl (C=O) groups is 6. The number of benzene rings is 3. The van der Waals surface area contributed by atoms with Gasteiger partial charge in [-0.25, -0.2) is 0 Å². The maximum absolute atomic E-state index is 13.6. The number of hydrogen-bond acceptors (Lipinski definition) is 9. The van der Waals surface area contributed by atoms with Crippen molar-refractivity contribution in [1.82, 2.24) is 31.6 Å². The fourth-order valence-electron chi connectivity index (χ4n) is 5.29. The van der Waals surface area contributed by atoms with Crippen molar-refractivity contribution in [3.63, 3.8) is 0 Å². The summed E-state index contributed by atoms with van der Waals surface area (Å²) in [7, 11) is 0. The van der Waals surface area contributed by atoms with Crippen LogP contribution in [-0.4, -0.2) is 93.1 Å². The van der Waals surface area contributed by atoms with E-state index < -0.39 is 72.8 Å². The predicted octanol–water partition coefficient (Wildman–Crippen LogP) is -0.274. The molecule has 1 heterocycles. The summed E-state index contributed by atoms with van der Waals surface area (Å²) in [6, 6.07) is 14.7. The molecular formula is C36H41N7O9. The van der Waals surface area contributed by atoms with Crippen LogP contribution in [0.25, 0.3) is 10.9 Å². The molecule has 3 aromatic carbocycles. The molecule has 0 aliphatic carbocycles. The number of aromatic hydroxyl groups is 2. The van der Waals surface area contributed by atoms with Crippen molar-refractivity contribution in [1.29, 1.82) is 0 Å². The van der Waals surface area contributed by atoms with E-state index in [0.29, 0.717) is 16.7 Å². The second kappa shape index (κ2) is 18.0. The second-order valence-electron chi connectivity index (χ2n) is 12.2. The Morgan fingerprint density at radius 3 is 1.88 bits per heavy atom. The van der Waals surface area contributed by atoms with Crippen LogP contribution in [0, 0.1) is 0 Å². The highest BCUT2D eigenvalue weighted by Gasteiger charge is 2.29. The summed E-state index contributed by atoms with van der Waals surface area (Å²) in [5.74, 6) is -4.83. The number of aromatic nitrogens is 1. The van der Waals surface area contributed by atoms with Crippen LogP contribution in [-0.2, 0) is 48.0 Å². The zero-order chi connectivity index (χ0) is 37.8. The number of phenolic OH excluding ortho intramolecular Hbond substituents is 2. The smallest absolute Gasteiger partial charge is 0.322 e. The number of aromatic amines is 1. The minimum atomic E-state index is -1.29. The first-order valence-electron chi connectivity index (χ1n) is 16.3. The molecule has 0 saturated heterocycles. The molecule has 16 nitrogen and oxygen atoms in total. The molecule has 0 aliphatic rings. The van der Waals surface area contributed by atoms with E-state index in [2.05, 4.69) is 31.6 Å². The largest absolute Gasteiger partial charge is 0.508 e. The lowest BCUT2D eigenvalue weighted by Gasteiger charge is -2.24. The zero-order valence-corrected chi connectivity index (χ0v) is 28.2. The van der Waals surface area contributed by atoms with Crippen LogP contribution in [0.4, 0.5) is 0 Å². The van der Waals surface area contributed by atoms with Gasteiger partial charge in [0.05, 0.1) is 12.6 Å². The number of amides is 5. The van der Waals surface area contributed by atoms with Crippen LogP contribution in [0.1, 0.15) is 23.6 Å². The molecule has 0 radical (unpaired) electrons. The van der Waals surface area contributed by atoms with Gasteiger partial charge < -0.3 is 52.6 Å². The Morgan fingerprint density at radius 2 is 1.25 bits per heavy atom. The molecule has 52 heavy (non-hydrogen) atoms. The fourth-order valence-corrected chi connectivity index (χ4v) is 5.29. The standard InChI is InChI=1S/C36H41N7O9/c1-20(33(49)43-29(35(51)40-19-32(47)48)15-22-8-12-25(45)13-9-22)41-36(52)30(16-23-17-38-28-5-3-2-4-26(23)28)42-31(46)18-39-34(50)27(37)14-21-6-10-24(44)11-7-21/h2-13,17,20,27,29-30,38,44-45H,14-16,18-19,37H2,1H3,(H,39,50)(H,40,51)(H,41,52)(H,42,46)(H,43,49)(H,47,48)/t20-,27-,29-,30-/m0/s1. The third-order valence-electron chi connectivity index (χ3n) is 8.08. The molecule has 0 aliphatic heterocycles. The van der Waals surface area contributed by atoms with Crippen LogP contribution in [0.5, 0.6) is 11.5 Å². The highest BCUT2D eigenvalue weighted by Crippen LogP contribution is 2.19. The zero-order valence-electron chi connectivity index (χ0n) is 28.2. The molecule has 0 bridgehead atoms. The number of nitrogens with one attached hydrogen (secondary N) is 6. The molecule has 16 heteroatoms. The summed E-state index contributed by atoms with van der Waals surface area (Å²) in [6.45, 7) is 0.188. The molecular weight excluding hydrogens is 674 g/mol. The summed E-state index contributed by atoms with van der Waals surface area (Å²) in [5.41, 5.74) is 8.75. The van der Waals surface area contributed by atoms with E-state index in [0.717, 1.165) is 10.9 Å². The second-order valence-corrected chi connectivity index (χ2v) is 12.2. The quantitative estimate of drug-likeness (QED) is 0.0684. The fraction of sp³-hybridized carbons (Fsp3) is 0.278. The van der Waals surface area contributed by atoms with E-state index in [-0.39, 0.29) is 30.8 Å². The van der Waals surface area contributed by atoms with Crippen molar-refractivity contribution < 1.29 is 44.1 Å². The number of nitrogens with two attached hydrogens (primary N) is 1. The Hall–Kier alpha value is -6.42. The van der Waals surface area contributed by atoms with Gasteiger partial charge in [-0.15, -0.1) is 0 Å². The van der Waals surface area contributed by atoms with E-state index >= 15 is 0 Å². The number of hydrogen-bond donors (Lipinski definition) is 10. The molecule has 0 fully saturated rings. The van der Waals surface area contributed by atoms with E-state index in [4.69, 9.17) is 10.8 Å². The third kappa shape index (κ3) is 11.3. The van der Waals surface area contributed by atoms with Gasteiger partial charge in [-0.05, 0) is 60.4 Å². The average Bonchev–Trinajstić information content (AvgIpc) is 3.53. The van der Waals surface area contributed by atoms with Crippen molar-refractivity contribution >= 4 is 46.4 Å². The van der Waals surface area contributed by atoms with Crippen LogP contribution in [0.15, 0.2) is 79.0 Å². The van der Waals surface area contributed by atoms with Crippen molar-refractivity contribution in [2.75, 3.05) is 13.1 Å². The topological polar surface area (TPSA) is 265 Å². The van der Waals surface area contributed by atoms with Crippen LogP contribution >= 0.6 is 0 Å². The number of carboxylic acids is 1. The van der Waals surface area contributed by atoms with Gasteiger partial charge in [0.15, 0.2) is 0 Å². The number of carboxylic acid groups (broad SMARTS) is 1. The van der Waals surface area contributed by atoms with Crippen LogP contribution in [0.2, 0.25) is 0 Å². The highest BCUT2D eigenvalue weighted by molar-refractivity contribution is 5.96. The highest BCUT2D eigenvalue weighted by atomic mass is 16.4. The van der Waals surface area contributed by atoms with E-state index in [1.807, 2.05) is 24.3 Å². The number of fused-ring (bicyclic) bond motifs is 1. The van der Waals surface area contributed by atoms with Gasteiger partial charge >= 0.3 is 5.97 Å². The normalized spacial score (nSPS) is 13.2. The Bertz CT molecular complexity index is 1890. The van der Waals surface area contributed by atoms with Crippen LogP contribution < -0.4 is 32.3 Å². The minimum absolute atomic E-state index is 0.00527. The summed E-state index contributed by atoms with van der Waals surface area (Å²) < 4.78 is 0. The lowest BCUT2D eigenvalue weighted by molar-refractivity contribution is -0.138. The minimum Gasteiger partial charge on any atom is -0.508 e. The average molecular weight is 716 g/mol. The van der Waals surface area contributed by atoms with Crippen molar-refractivity contribution in [3.05, 3.63) is 95.7 Å². The van der Waals surface area contributed by atoms with Gasteiger partial charge in [0.25, 0.3) is 0 Å². The van der Waals surface area contributed by atoms with Crippen molar-refractivity contribution in [2.45, 2.75) is 50.4 Å². The molecule has 11 N–H and O–H groups in total. The monoisotopic (exact) mass is 715 g/mol. The predicted molar refractivity (Wildman–Crippen MR) is 189 cm³/mol. The molecule has 4 aromatic rings. The molecule has 4 rings (SSSR count). The Balaban J connectivity index is 1.43. The van der Waals surface area contributed by atoms with Gasteiger partial charge in [0, 0.05) is 29.9 Å². The molecule has 0 spiro atoms. The maximum Gasteiger partial charge on any atom is 0.322 e. The molecule has 1 aromatic heterocycles. The van der Waals surface area contributed by atoms with Gasteiger partial charge in [0.1, 0.15) is 36.2 Å². The third-order valence-corrected chi connectivity index (χ3v) is 8.08. The van der Waals surface area contributed by atoms with E-state index in [1.165, 1.54) is 43.3 Å². The van der Waals surface area contributed by atoms with Gasteiger partial charge in [0.2, 0.25) is 29.5 Å². The summed E-state index contributed by atoms with van der Waals surface area (Å²) in [4.78, 5) is 79.6. The summed E-state index contributed by atoms with van der Waals surface area (Å²) in [6.07, 6.45) is 1.80. The first-order chi connectivity index (χ1) is 24.8. The first-order valence-corrected chi connectivity index (χ1v) is 16.3. The van der Waals surface area contributed by atoms with Crippen LogP contribution in [0.3, 0.4) is 0 Å². The Labute approximate surface area is 298 Å². The SMILES string of the molecule is C[C@H](NC(=O)[C@H](Cc1c[nH]c2ccccc12)NC(=O)CNC(=O)[C@@H](N)Cc1ccc(O)cc1)C(=O)N[C@@H](Cc1ccc(O)cc1)C(=O)NCC(=O)O. The molecule has 0 saturated carbocycles. The first kappa shape index (κ1) is 38.4. The van der Waals surface area contributed by atoms with Crippen molar-refractivity contribution in [2.24, 2.45) is 5.73 Å². The number of aliphatic carboxylic acids is 1. The number of H-pyrrole nitrogens is 1. The van der Waals surface area contributed by atoms with Gasteiger partial charge in [-0.2, -0.15) is 0 Å². The molecule has 5 amide bonds. The number of carbonyl (C=O) groups excluding carboxylic acids is 5. The number of phenols is 2. The van der Waals surface area contributed by atoms with Gasteiger partial charge in [-0.3, -0.25) is 28.8 Å². The Morgan fingerprint density at radius 1 is 0.673 bits per heavy atom. The summed E-state index contributed by atoms with van der Waals surface area (Å²) in [5, 5.41) is 41.3. The molecule has 4 atom stereocenters. The van der Waals surface area contributed by atoms with E-state index in [1.54, 1.807) is 18.3 Å². The number of rotatable bonds is 17. The lowest BCUT2D eigenvalue weighted by Crippen LogP contribution is -2.57. The molecule has 274 valence electrons.